The number of nitrogens with zero attached hydrogens (tertiary/aromatic N) is 1. The summed E-state index contributed by atoms with van der Waals surface area (Å²) < 4.78 is 0. The van der Waals surface area contributed by atoms with Crippen LogP contribution in [0.25, 0.3) is 0 Å². The Bertz CT molecular complexity index is 246. The molecule has 0 heterocycles. The molecule has 0 atom stereocenters. The minimum absolute atomic E-state index is 0.535. The molecule has 16 heavy (non-hydrogen) atoms. The van der Waals surface area contributed by atoms with Crippen LogP contribution >= 0.6 is 0 Å². The number of nitrogens with two attached hydrogens (primary N) is 1. The van der Waals surface area contributed by atoms with Gasteiger partial charge in [-0.25, -0.2) is 0 Å². The molecular formula is C13H25N3. The summed E-state index contributed by atoms with van der Waals surface area (Å²) >= 11 is 0. The maximum atomic E-state index is 5.72. The fraction of sp³-hybridized carbons (Fsp3) is 0.769. The summed E-state index contributed by atoms with van der Waals surface area (Å²) in [5, 5.41) is 3.00. The van der Waals surface area contributed by atoms with Crippen molar-refractivity contribution in [3.8, 4) is 0 Å². The lowest BCUT2D eigenvalue weighted by molar-refractivity contribution is 0.195. The van der Waals surface area contributed by atoms with Crippen molar-refractivity contribution in [2.45, 2.75) is 39.5 Å². The monoisotopic (exact) mass is 223 g/mol. The fourth-order valence-electron chi connectivity index (χ4n) is 2.10. The largest absolute Gasteiger partial charge is 0.370 e. The van der Waals surface area contributed by atoms with E-state index in [2.05, 4.69) is 30.7 Å². The van der Waals surface area contributed by atoms with Crippen LogP contribution in [-0.2, 0) is 0 Å². The molecule has 0 bridgehead atoms. The molecule has 3 nitrogen and oxygen atoms in total. The van der Waals surface area contributed by atoms with Gasteiger partial charge in [-0.2, -0.15) is 0 Å². The number of aliphatic imine (C=N–C) groups is 1. The Morgan fingerprint density at radius 2 is 2.12 bits per heavy atom. The highest BCUT2D eigenvalue weighted by Crippen LogP contribution is 2.37. The Kier molecular flexibility index (Phi) is 4.84. The standard InChI is InChI=1S/C13H25N3/c1-4-9-15-12(14)16-10-11-5-7-13(2,3)8-6-11/h4,11H,1,5-10H2,2-3H3,(H3,14,15,16). The SMILES string of the molecule is C=CCNC(N)=NCC1CCC(C)(C)CC1. The van der Waals surface area contributed by atoms with Crippen molar-refractivity contribution >= 4 is 5.96 Å². The Hall–Kier alpha value is -0.990. The van der Waals surface area contributed by atoms with Crippen LogP contribution in [0.4, 0.5) is 0 Å². The van der Waals surface area contributed by atoms with Gasteiger partial charge in [0.25, 0.3) is 0 Å². The highest BCUT2D eigenvalue weighted by molar-refractivity contribution is 5.77. The second kappa shape index (κ2) is 5.92. The van der Waals surface area contributed by atoms with Gasteiger partial charge in [-0.15, -0.1) is 6.58 Å². The summed E-state index contributed by atoms with van der Waals surface area (Å²) in [7, 11) is 0. The van der Waals surface area contributed by atoms with E-state index in [0.717, 1.165) is 12.5 Å². The lowest BCUT2D eigenvalue weighted by Gasteiger charge is -2.33. The molecule has 3 heteroatoms. The highest BCUT2D eigenvalue weighted by Gasteiger charge is 2.26. The summed E-state index contributed by atoms with van der Waals surface area (Å²) in [6.07, 6.45) is 6.97. The second-order valence-corrected chi connectivity index (χ2v) is 5.50. The Balaban J connectivity index is 2.26. The van der Waals surface area contributed by atoms with Crippen molar-refractivity contribution in [2.75, 3.05) is 13.1 Å². The topological polar surface area (TPSA) is 50.4 Å². The van der Waals surface area contributed by atoms with Gasteiger partial charge in [0.05, 0.1) is 0 Å². The summed E-state index contributed by atoms with van der Waals surface area (Å²) in [6.45, 7) is 9.89. The van der Waals surface area contributed by atoms with Crippen LogP contribution < -0.4 is 11.1 Å². The number of nitrogens with one attached hydrogen (secondary N) is 1. The van der Waals surface area contributed by atoms with Crippen molar-refractivity contribution in [1.82, 2.24) is 5.32 Å². The van der Waals surface area contributed by atoms with Crippen molar-refractivity contribution in [2.24, 2.45) is 22.1 Å². The van der Waals surface area contributed by atoms with Crippen LogP contribution in [0.2, 0.25) is 0 Å². The molecule has 0 radical (unpaired) electrons. The summed E-state index contributed by atoms with van der Waals surface area (Å²) in [5.41, 5.74) is 6.26. The number of hydrogen-bond acceptors (Lipinski definition) is 1. The third-order valence-corrected chi connectivity index (χ3v) is 3.41. The highest BCUT2D eigenvalue weighted by atomic mass is 15.1. The minimum Gasteiger partial charge on any atom is -0.370 e. The van der Waals surface area contributed by atoms with E-state index < -0.39 is 0 Å². The predicted molar refractivity (Wildman–Crippen MR) is 70.4 cm³/mol. The first kappa shape index (κ1) is 13.1. The molecule has 0 unspecified atom stereocenters. The van der Waals surface area contributed by atoms with Gasteiger partial charge in [0, 0.05) is 13.1 Å². The lowest BCUT2D eigenvalue weighted by Crippen LogP contribution is -2.32. The first-order chi connectivity index (χ1) is 7.53. The van der Waals surface area contributed by atoms with Crippen LogP contribution in [0, 0.1) is 11.3 Å². The number of guanidine groups is 1. The zero-order valence-electron chi connectivity index (χ0n) is 10.6. The molecule has 1 aliphatic rings. The minimum atomic E-state index is 0.535. The molecule has 3 N–H and O–H groups in total. The maximum Gasteiger partial charge on any atom is 0.188 e. The Morgan fingerprint density at radius 3 is 2.69 bits per heavy atom. The molecule has 92 valence electrons. The summed E-state index contributed by atoms with van der Waals surface area (Å²) in [5.74, 6) is 1.27. The van der Waals surface area contributed by atoms with Crippen LogP contribution in [0.3, 0.4) is 0 Å². The Labute approximate surface area is 99.2 Å². The van der Waals surface area contributed by atoms with E-state index >= 15 is 0 Å². The lowest BCUT2D eigenvalue weighted by atomic mass is 9.73. The first-order valence-electron chi connectivity index (χ1n) is 6.18. The van der Waals surface area contributed by atoms with Gasteiger partial charge >= 0.3 is 0 Å². The molecule has 1 saturated carbocycles. The number of hydrogen-bond donors (Lipinski definition) is 2. The molecule has 0 aromatic rings. The summed E-state index contributed by atoms with van der Waals surface area (Å²) in [4.78, 5) is 4.37. The third-order valence-electron chi connectivity index (χ3n) is 3.41. The van der Waals surface area contributed by atoms with Gasteiger partial charge < -0.3 is 11.1 Å². The number of rotatable bonds is 4. The quantitative estimate of drug-likeness (QED) is 0.436. The molecule has 0 spiro atoms. The predicted octanol–water partition coefficient (Wildman–Crippen LogP) is 2.29. The normalized spacial score (nSPS) is 21.8. The van der Waals surface area contributed by atoms with Crippen LogP contribution in [-0.4, -0.2) is 19.0 Å². The van der Waals surface area contributed by atoms with Gasteiger partial charge in [-0.1, -0.05) is 19.9 Å². The fourth-order valence-corrected chi connectivity index (χ4v) is 2.10. The molecule has 1 aliphatic carbocycles. The molecule has 0 aliphatic heterocycles. The Morgan fingerprint density at radius 1 is 1.50 bits per heavy atom. The van der Waals surface area contributed by atoms with E-state index in [9.17, 15) is 0 Å². The van der Waals surface area contributed by atoms with Crippen LogP contribution in [0.1, 0.15) is 39.5 Å². The average Bonchev–Trinajstić information content (AvgIpc) is 2.25. The van der Waals surface area contributed by atoms with Gasteiger partial charge in [-0.05, 0) is 37.0 Å². The molecule has 0 saturated heterocycles. The van der Waals surface area contributed by atoms with Gasteiger partial charge in [0.2, 0.25) is 0 Å². The van der Waals surface area contributed by atoms with Crippen LogP contribution in [0.15, 0.2) is 17.6 Å². The van der Waals surface area contributed by atoms with E-state index in [1.54, 1.807) is 6.08 Å². The second-order valence-electron chi connectivity index (χ2n) is 5.50. The van der Waals surface area contributed by atoms with E-state index in [1.165, 1.54) is 25.7 Å². The molecule has 1 fully saturated rings. The van der Waals surface area contributed by atoms with Crippen molar-refractivity contribution in [1.29, 1.82) is 0 Å². The van der Waals surface area contributed by atoms with E-state index in [-0.39, 0.29) is 0 Å². The molecule has 1 rings (SSSR count). The molecule has 0 aromatic heterocycles. The van der Waals surface area contributed by atoms with Crippen molar-refractivity contribution < 1.29 is 0 Å². The van der Waals surface area contributed by atoms with E-state index in [0.29, 0.717) is 17.9 Å². The smallest absolute Gasteiger partial charge is 0.188 e. The third kappa shape index (κ3) is 4.69. The average molecular weight is 223 g/mol. The summed E-state index contributed by atoms with van der Waals surface area (Å²) in [6, 6.07) is 0. The van der Waals surface area contributed by atoms with Gasteiger partial charge in [0.1, 0.15) is 0 Å². The van der Waals surface area contributed by atoms with E-state index in [4.69, 9.17) is 5.73 Å². The van der Waals surface area contributed by atoms with Gasteiger partial charge in [0.15, 0.2) is 5.96 Å². The van der Waals surface area contributed by atoms with E-state index in [1.807, 2.05) is 0 Å². The molecule has 0 amide bonds. The van der Waals surface area contributed by atoms with Crippen molar-refractivity contribution in [3.05, 3.63) is 12.7 Å². The van der Waals surface area contributed by atoms with Crippen LogP contribution in [0.5, 0.6) is 0 Å². The van der Waals surface area contributed by atoms with Gasteiger partial charge in [-0.3, -0.25) is 4.99 Å². The first-order valence-corrected chi connectivity index (χ1v) is 6.18. The van der Waals surface area contributed by atoms with Crippen molar-refractivity contribution in [3.63, 3.8) is 0 Å². The zero-order valence-corrected chi connectivity index (χ0v) is 10.6. The molecular weight excluding hydrogens is 198 g/mol. The molecule has 0 aromatic carbocycles. The maximum absolute atomic E-state index is 5.72. The zero-order chi connectivity index (χ0) is 12.0.